The van der Waals surface area contributed by atoms with Gasteiger partial charge in [0.15, 0.2) is 0 Å². The average Bonchev–Trinajstić information content (AvgIpc) is 1.64. The number of primary amides is 2. The molecular weight excluding hydrogens is 225 g/mol. The fourth-order valence-electron chi connectivity index (χ4n) is 0.109. The molecule has 0 rings (SSSR count). The van der Waals surface area contributed by atoms with E-state index in [0.29, 0.717) is 3.11 Å². The number of halogens is 1. The lowest BCUT2D eigenvalue weighted by atomic mass is 10.9. The highest BCUT2D eigenvalue weighted by molar-refractivity contribution is 14.1. The monoisotopic (exact) mass is 229 g/mol. The van der Waals surface area contributed by atoms with Gasteiger partial charge in [-0.15, -0.1) is 0 Å². The van der Waals surface area contributed by atoms with Crippen molar-refractivity contribution in [3.63, 3.8) is 0 Å². The fraction of sp³-hybridized carbons (Fsp3) is 0. The van der Waals surface area contributed by atoms with Gasteiger partial charge in [-0.1, -0.05) is 0 Å². The Morgan fingerprint density at radius 2 is 1.50 bits per heavy atom. The van der Waals surface area contributed by atoms with Crippen LogP contribution in [0.4, 0.5) is 9.59 Å². The van der Waals surface area contributed by atoms with E-state index in [-0.39, 0.29) is 0 Å². The van der Waals surface area contributed by atoms with E-state index in [1.807, 2.05) is 0 Å². The zero-order chi connectivity index (χ0) is 6.73. The quantitative estimate of drug-likeness (QED) is 0.444. The van der Waals surface area contributed by atoms with Gasteiger partial charge in [-0.2, -0.15) is 3.11 Å². The maximum absolute atomic E-state index is 9.98. The van der Waals surface area contributed by atoms with Crippen LogP contribution < -0.4 is 11.5 Å². The van der Waals surface area contributed by atoms with Crippen molar-refractivity contribution in [2.45, 2.75) is 0 Å². The third-order valence-electron chi connectivity index (χ3n) is 0.387. The summed E-state index contributed by atoms with van der Waals surface area (Å²) in [5.74, 6) is 0. The smallest absolute Gasteiger partial charge is 0.332 e. The van der Waals surface area contributed by atoms with Crippen LogP contribution in [-0.4, -0.2) is 15.2 Å². The second kappa shape index (κ2) is 2.70. The number of rotatable bonds is 0. The third kappa shape index (κ3) is 1.96. The SMILES string of the molecule is NC(=O)N(I)C(N)=O. The molecule has 0 aliphatic rings. The Kier molecular flexibility index (Phi) is 2.52. The Labute approximate surface area is 59.5 Å². The number of nitrogens with two attached hydrogens (primary N) is 2. The maximum Gasteiger partial charge on any atom is 0.332 e. The summed E-state index contributed by atoms with van der Waals surface area (Å²) >= 11 is 1.41. The van der Waals surface area contributed by atoms with Crippen LogP contribution in [0.5, 0.6) is 0 Å². The van der Waals surface area contributed by atoms with Crippen molar-refractivity contribution in [1.29, 1.82) is 0 Å². The van der Waals surface area contributed by atoms with Gasteiger partial charge in [0, 0.05) is 0 Å². The molecule has 8 heavy (non-hydrogen) atoms. The Morgan fingerprint density at radius 3 is 1.50 bits per heavy atom. The molecule has 0 spiro atoms. The first kappa shape index (κ1) is 7.47. The summed E-state index contributed by atoms with van der Waals surface area (Å²) in [5.41, 5.74) is 9.23. The van der Waals surface area contributed by atoms with Crippen LogP contribution in [0.3, 0.4) is 0 Å². The average molecular weight is 229 g/mol. The molecule has 0 aromatic heterocycles. The predicted octanol–water partition coefficient (Wildman–Crippen LogP) is -0.204. The zero-order valence-corrected chi connectivity index (χ0v) is 5.95. The highest BCUT2D eigenvalue weighted by Crippen LogP contribution is 1.94. The van der Waals surface area contributed by atoms with Crippen molar-refractivity contribution in [2.24, 2.45) is 11.5 Å². The van der Waals surface area contributed by atoms with Crippen molar-refractivity contribution in [1.82, 2.24) is 3.11 Å². The van der Waals surface area contributed by atoms with E-state index in [2.05, 4.69) is 11.5 Å². The van der Waals surface area contributed by atoms with Gasteiger partial charge in [0.05, 0.1) is 22.9 Å². The summed E-state index contributed by atoms with van der Waals surface area (Å²) in [4.78, 5) is 20.0. The van der Waals surface area contributed by atoms with Crippen molar-refractivity contribution in [2.75, 3.05) is 0 Å². The number of hydrogen-bond donors (Lipinski definition) is 2. The molecular formula is C2H4IN3O2. The minimum Gasteiger partial charge on any atom is -0.350 e. The van der Waals surface area contributed by atoms with Gasteiger partial charge < -0.3 is 11.5 Å². The largest absolute Gasteiger partial charge is 0.350 e. The minimum atomic E-state index is -0.863. The molecule has 0 unspecified atom stereocenters. The summed E-state index contributed by atoms with van der Waals surface area (Å²) in [5, 5.41) is 0. The molecule has 5 nitrogen and oxygen atoms in total. The van der Waals surface area contributed by atoms with Crippen LogP contribution in [0.2, 0.25) is 0 Å². The summed E-state index contributed by atoms with van der Waals surface area (Å²) < 4.78 is 0.581. The second-order valence-corrected chi connectivity index (χ2v) is 1.92. The summed E-state index contributed by atoms with van der Waals surface area (Å²) in [6.07, 6.45) is 0. The molecule has 0 saturated heterocycles. The number of amides is 4. The van der Waals surface area contributed by atoms with Crippen LogP contribution in [0, 0.1) is 0 Å². The third-order valence-corrected chi connectivity index (χ3v) is 1.34. The van der Waals surface area contributed by atoms with Gasteiger partial charge in [-0.25, -0.2) is 9.59 Å². The number of carbonyl (C=O) groups is 2. The van der Waals surface area contributed by atoms with Crippen molar-refractivity contribution >= 4 is 34.9 Å². The highest BCUT2D eigenvalue weighted by atomic mass is 127. The Hall–Kier alpha value is -0.530. The number of urea groups is 2. The lowest BCUT2D eigenvalue weighted by Gasteiger charge is -2.02. The molecule has 0 radical (unpaired) electrons. The van der Waals surface area contributed by atoms with Crippen molar-refractivity contribution in [3.8, 4) is 0 Å². The molecule has 0 aliphatic heterocycles. The fourth-order valence-corrected chi connectivity index (χ4v) is 0.109. The van der Waals surface area contributed by atoms with Crippen LogP contribution in [0.1, 0.15) is 0 Å². The molecule has 0 atom stereocenters. The number of nitrogens with zero attached hydrogens (tertiary/aromatic N) is 1. The molecule has 0 aromatic carbocycles. The van der Waals surface area contributed by atoms with Crippen molar-refractivity contribution < 1.29 is 9.59 Å². The first-order chi connectivity index (χ1) is 3.55. The Morgan fingerprint density at radius 1 is 1.25 bits per heavy atom. The topological polar surface area (TPSA) is 89.4 Å². The van der Waals surface area contributed by atoms with Gasteiger partial charge in [-0.05, 0) is 0 Å². The van der Waals surface area contributed by atoms with Gasteiger partial charge in [0.1, 0.15) is 0 Å². The molecule has 4 amide bonds. The van der Waals surface area contributed by atoms with Gasteiger partial charge in [-0.3, -0.25) is 0 Å². The molecule has 0 bridgehead atoms. The summed E-state index contributed by atoms with van der Waals surface area (Å²) in [6.45, 7) is 0. The molecule has 0 fully saturated rings. The lowest BCUT2D eigenvalue weighted by molar-refractivity contribution is 0.224. The molecule has 4 N–H and O–H groups in total. The van der Waals surface area contributed by atoms with Crippen LogP contribution in [0.15, 0.2) is 0 Å². The van der Waals surface area contributed by atoms with E-state index >= 15 is 0 Å². The van der Waals surface area contributed by atoms with Crippen LogP contribution in [-0.2, 0) is 0 Å². The normalized spacial score (nSPS) is 8.12. The number of imide groups is 1. The first-order valence-corrected chi connectivity index (χ1v) is 2.57. The maximum atomic E-state index is 9.98. The molecule has 0 heterocycles. The van der Waals surface area contributed by atoms with E-state index in [4.69, 9.17) is 0 Å². The lowest BCUT2D eigenvalue weighted by Crippen LogP contribution is -2.36. The predicted molar refractivity (Wildman–Crippen MR) is 35.0 cm³/mol. The highest BCUT2D eigenvalue weighted by Gasteiger charge is 2.09. The summed E-state index contributed by atoms with van der Waals surface area (Å²) in [6, 6.07) is -1.73. The molecule has 46 valence electrons. The van der Waals surface area contributed by atoms with E-state index in [0.717, 1.165) is 0 Å². The van der Waals surface area contributed by atoms with Crippen LogP contribution in [0.25, 0.3) is 0 Å². The minimum absolute atomic E-state index is 0.581. The van der Waals surface area contributed by atoms with Gasteiger partial charge >= 0.3 is 12.1 Å². The van der Waals surface area contributed by atoms with E-state index in [9.17, 15) is 9.59 Å². The van der Waals surface area contributed by atoms with Gasteiger partial charge in [0.25, 0.3) is 0 Å². The number of carbonyl (C=O) groups excluding carboxylic acids is 2. The Bertz CT molecular complexity index is 110. The second-order valence-electron chi connectivity index (χ2n) is 0.957. The van der Waals surface area contributed by atoms with Crippen LogP contribution >= 0.6 is 22.9 Å². The molecule has 0 aromatic rings. The standard InChI is InChI=1S/C2H4IN3O2/c3-6(1(4)7)2(5)8/h(H2,4,7)(H2,5,8). The molecule has 0 saturated carbocycles. The van der Waals surface area contributed by atoms with E-state index in [1.165, 1.54) is 22.9 Å². The first-order valence-electron chi connectivity index (χ1n) is 1.60. The Balaban J connectivity index is 3.83. The zero-order valence-electron chi connectivity index (χ0n) is 3.80. The summed E-state index contributed by atoms with van der Waals surface area (Å²) in [7, 11) is 0. The van der Waals surface area contributed by atoms with Gasteiger partial charge in [0.2, 0.25) is 0 Å². The number of hydrogen-bond acceptors (Lipinski definition) is 2. The van der Waals surface area contributed by atoms with E-state index in [1.54, 1.807) is 0 Å². The molecule has 0 aliphatic carbocycles. The molecule has 6 heteroatoms. The van der Waals surface area contributed by atoms with E-state index < -0.39 is 12.1 Å². The van der Waals surface area contributed by atoms with Crippen molar-refractivity contribution in [3.05, 3.63) is 0 Å².